The van der Waals surface area contributed by atoms with E-state index >= 15 is 0 Å². The molecule has 8 heteroatoms. The van der Waals surface area contributed by atoms with Crippen molar-refractivity contribution in [1.29, 1.82) is 0 Å². The predicted octanol–water partition coefficient (Wildman–Crippen LogP) is 3.43. The van der Waals surface area contributed by atoms with Gasteiger partial charge >= 0.3 is 0 Å². The summed E-state index contributed by atoms with van der Waals surface area (Å²) in [5.74, 6) is 0.721. The van der Waals surface area contributed by atoms with Crippen LogP contribution < -0.4 is 16.0 Å². The highest BCUT2D eigenvalue weighted by Gasteiger charge is 2.07. The van der Waals surface area contributed by atoms with Gasteiger partial charge in [0.05, 0.1) is 5.52 Å². The molecule has 0 aliphatic carbocycles. The number of hydrogen-bond donors (Lipinski definition) is 3. The van der Waals surface area contributed by atoms with Gasteiger partial charge < -0.3 is 16.0 Å². The van der Waals surface area contributed by atoms with E-state index in [9.17, 15) is 9.59 Å². The summed E-state index contributed by atoms with van der Waals surface area (Å²) in [5.41, 5.74) is 2.31. The van der Waals surface area contributed by atoms with Gasteiger partial charge in [-0.15, -0.1) is 0 Å². The minimum absolute atomic E-state index is 0.132. The zero-order chi connectivity index (χ0) is 22.3. The Morgan fingerprint density at radius 3 is 2.09 bits per heavy atom. The topological polar surface area (TPSA) is 109 Å². The van der Waals surface area contributed by atoms with Crippen molar-refractivity contribution >= 4 is 45.4 Å². The standard InChI is InChI=1S/C24H24N6O2/c1-16-6-7-18-9-11-21(30-24(18)26-16)29-23(32)13-15-25-14-12-22(31)28-20-10-8-17-4-2-3-5-19(17)27-20/h2-11,25H,12-15H2,1H3,(H,27,28,31)(H,26,29,30,32). The Labute approximate surface area is 185 Å². The third-order valence-corrected chi connectivity index (χ3v) is 4.88. The average molecular weight is 428 g/mol. The van der Waals surface area contributed by atoms with Gasteiger partial charge in [-0.3, -0.25) is 9.59 Å². The van der Waals surface area contributed by atoms with Crippen molar-refractivity contribution in [2.24, 2.45) is 0 Å². The Hall–Kier alpha value is -3.91. The van der Waals surface area contributed by atoms with Gasteiger partial charge in [0, 0.05) is 42.4 Å². The molecular formula is C24H24N6O2. The number of nitrogens with zero attached hydrogens (tertiary/aromatic N) is 3. The Bertz CT molecular complexity index is 1270. The van der Waals surface area contributed by atoms with Crippen molar-refractivity contribution < 1.29 is 9.59 Å². The molecule has 0 radical (unpaired) electrons. The number of nitrogens with one attached hydrogen (secondary N) is 3. The highest BCUT2D eigenvalue weighted by Crippen LogP contribution is 2.15. The molecule has 0 saturated carbocycles. The van der Waals surface area contributed by atoms with E-state index in [2.05, 4.69) is 30.9 Å². The molecule has 4 aromatic rings. The number of benzene rings is 1. The molecule has 0 aliphatic rings. The molecule has 3 heterocycles. The summed E-state index contributed by atoms with van der Waals surface area (Å²) in [7, 11) is 0. The van der Waals surface area contributed by atoms with Crippen LogP contribution in [0.3, 0.4) is 0 Å². The Morgan fingerprint density at radius 1 is 0.719 bits per heavy atom. The number of para-hydroxylation sites is 1. The minimum atomic E-state index is -0.151. The fourth-order valence-corrected chi connectivity index (χ4v) is 3.24. The van der Waals surface area contributed by atoms with Gasteiger partial charge in [0.25, 0.3) is 0 Å². The quantitative estimate of drug-likeness (QED) is 0.371. The van der Waals surface area contributed by atoms with Crippen LogP contribution in [-0.4, -0.2) is 39.9 Å². The van der Waals surface area contributed by atoms with Gasteiger partial charge in [-0.05, 0) is 49.4 Å². The molecule has 0 atom stereocenters. The third-order valence-electron chi connectivity index (χ3n) is 4.88. The maximum Gasteiger partial charge on any atom is 0.226 e. The zero-order valence-corrected chi connectivity index (χ0v) is 17.8. The summed E-state index contributed by atoms with van der Waals surface area (Å²) in [5, 5.41) is 10.6. The van der Waals surface area contributed by atoms with E-state index in [0.717, 1.165) is 22.0 Å². The second kappa shape index (κ2) is 9.93. The molecule has 0 bridgehead atoms. The molecule has 0 fully saturated rings. The molecule has 0 saturated heterocycles. The van der Waals surface area contributed by atoms with Crippen LogP contribution in [0.1, 0.15) is 18.5 Å². The van der Waals surface area contributed by atoms with Crippen LogP contribution in [0, 0.1) is 6.92 Å². The second-order valence-corrected chi connectivity index (χ2v) is 7.43. The number of carbonyl (C=O) groups is 2. The fraction of sp³-hybridized carbons (Fsp3) is 0.208. The van der Waals surface area contributed by atoms with Crippen LogP contribution in [0.2, 0.25) is 0 Å². The molecule has 0 spiro atoms. The number of aromatic nitrogens is 3. The Morgan fingerprint density at radius 2 is 1.34 bits per heavy atom. The van der Waals surface area contributed by atoms with Crippen LogP contribution in [0.5, 0.6) is 0 Å². The lowest BCUT2D eigenvalue weighted by atomic mass is 10.2. The summed E-state index contributed by atoms with van der Waals surface area (Å²) in [6.45, 7) is 2.82. The number of anilines is 2. The number of fused-ring (bicyclic) bond motifs is 2. The van der Waals surface area contributed by atoms with Crippen LogP contribution in [0.15, 0.2) is 60.7 Å². The minimum Gasteiger partial charge on any atom is -0.316 e. The van der Waals surface area contributed by atoms with Crippen molar-refractivity contribution in [3.05, 3.63) is 66.4 Å². The maximum absolute atomic E-state index is 12.2. The first-order valence-electron chi connectivity index (χ1n) is 10.5. The van der Waals surface area contributed by atoms with Crippen molar-refractivity contribution in [2.75, 3.05) is 23.7 Å². The number of rotatable bonds is 8. The SMILES string of the molecule is Cc1ccc2ccc(NC(=O)CCNCCC(=O)Nc3ccc4ccccc4n3)nc2n1. The van der Waals surface area contributed by atoms with Crippen molar-refractivity contribution in [3.63, 3.8) is 0 Å². The Kier molecular flexibility index (Phi) is 6.62. The molecule has 3 aromatic heterocycles. The van der Waals surface area contributed by atoms with Gasteiger partial charge in [-0.1, -0.05) is 18.2 Å². The lowest BCUT2D eigenvalue weighted by molar-refractivity contribution is -0.116. The summed E-state index contributed by atoms with van der Waals surface area (Å²) in [4.78, 5) is 37.5. The molecule has 3 N–H and O–H groups in total. The van der Waals surface area contributed by atoms with Crippen LogP contribution in [0.25, 0.3) is 21.9 Å². The zero-order valence-electron chi connectivity index (χ0n) is 17.8. The largest absolute Gasteiger partial charge is 0.316 e. The van der Waals surface area contributed by atoms with E-state index in [1.54, 1.807) is 12.1 Å². The van der Waals surface area contributed by atoms with Crippen LogP contribution >= 0.6 is 0 Å². The predicted molar refractivity (Wildman–Crippen MR) is 125 cm³/mol. The van der Waals surface area contributed by atoms with Crippen LogP contribution in [0.4, 0.5) is 11.6 Å². The molecular weight excluding hydrogens is 404 g/mol. The monoisotopic (exact) mass is 428 g/mol. The first kappa shape index (κ1) is 21.3. The van der Waals surface area contributed by atoms with E-state index in [0.29, 0.717) is 30.4 Å². The Balaban J connectivity index is 1.17. The molecule has 2 amide bonds. The normalized spacial score (nSPS) is 10.9. The van der Waals surface area contributed by atoms with E-state index in [4.69, 9.17) is 0 Å². The van der Waals surface area contributed by atoms with E-state index in [1.165, 1.54) is 0 Å². The fourth-order valence-electron chi connectivity index (χ4n) is 3.24. The molecule has 162 valence electrons. The summed E-state index contributed by atoms with van der Waals surface area (Å²) < 4.78 is 0. The number of amides is 2. The molecule has 0 unspecified atom stereocenters. The van der Waals surface area contributed by atoms with E-state index < -0.39 is 0 Å². The second-order valence-electron chi connectivity index (χ2n) is 7.43. The summed E-state index contributed by atoms with van der Waals surface area (Å²) in [6, 6.07) is 19.0. The number of carbonyl (C=O) groups excluding carboxylic acids is 2. The summed E-state index contributed by atoms with van der Waals surface area (Å²) in [6.07, 6.45) is 0.558. The highest BCUT2D eigenvalue weighted by molar-refractivity contribution is 5.92. The van der Waals surface area contributed by atoms with Gasteiger partial charge in [-0.2, -0.15) is 0 Å². The van der Waals surface area contributed by atoms with Gasteiger partial charge in [0.1, 0.15) is 11.6 Å². The third kappa shape index (κ3) is 5.61. The summed E-state index contributed by atoms with van der Waals surface area (Å²) >= 11 is 0. The first-order chi connectivity index (χ1) is 15.6. The van der Waals surface area contributed by atoms with Gasteiger partial charge in [-0.25, -0.2) is 15.0 Å². The van der Waals surface area contributed by atoms with Gasteiger partial charge in [0.2, 0.25) is 11.8 Å². The average Bonchev–Trinajstić information content (AvgIpc) is 2.78. The van der Waals surface area contributed by atoms with Crippen molar-refractivity contribution in [2.45, 2.75) is 19.8 Å². The lowest BCUT2D eigenvalue weighted by Crippen LogP contribution is -2.25. The molecule has 32 heavy (non-hydrogen) atoms. The lowest BCUT2D eigenvalue weighted by Gasteiger charge is -2.08. The molecule has 0 aliphatic heterocycles. The highest BCUT2D eigenvalue weighted by atomic mass is 16.2. The number of pyridine rings is 3. The van der Waals surface area contributed by atoms with E-state index in [1.807, 2.05) is 55.5 Å². The van der Waals surface area contributed by atoms with Crippen molar-refractivity contribution in [3.8, 4) is 0 Å². The molecule has 8 nitrogen and oxygen atoms in total. The smallest absolute Gasteiger partial charge is 0.226 e. The number of hydrogen-bond acceptors (Lipinski definition) is 6. The molecule has 1 aromatic carbocycles. The van der Waals surface area contributed by atoms with Crippen molar-refractivity contribution in [1.82, 2.24) is 20.3 Å². The molecule has 4 rings (SSSR count). The maximum atomic E-state index is 12.2. The van der Waals surface area contributed by atoms with E-state index in [-0.39, 0.29) is 24.7 Å². The number of aryl methyl sites for hydroxylation is 1. The van der Waals surface area contributed by atoms with Crippen LogP contribution in [-0.2, 0) is 9.59 Å². The first-order valence-corrected chi connectivity index (χ1v) is 10.5. The van der Waals surface area contributed by atoms with Gasteiger partial charge in [0.15, 0.2) is 5.65 Å².